The largest absolute Gasteiger partial charge is 0.496 e. The summed E-state index contributed by atoms with van der Waals surface area (Å²) in [6, 6.07) is 8.06. The second-order valence-electron chi connectivity index (χ2n) is 9.81. The predicted molar refractivity (Wildman–Crippen MR) is 124 cm³/mol. The number of carbonyl (C=O) groups excluding carboxylic acids is 3. The Morgan fingerprint density at radius 3 is 2.85 bits per heavy atom. The highest BCUT2D eigenvalue weighted by Gasteiger charge is 2.52. The molecule has 3 amide bonds. The number of benzene rings is 1. The molecule has 3 N–H and O–H groups in total. The lowest BCUT2D eigenvalue weighted by Crippen LogP contribution is -2.49. The van der Waals surface area contributed by atoms with Gasteiger partial charge in [-0.2, -0.15) is 5.26 Å². The highest BCUT2D eigenvalue weighted by atomic mass is 16.5. The number of likely N-dealkylation sites (tertiary alicyclic amines) is 1. The number of amides is 3. The van der Waals surface area contributed by atoms with E-state index in [1.165, 1.54) is 0 Å². The number of rotatable bonds is 6. The molecule has 0 radical (unpaired) electrons. The Labute approximate surface area is 197 Å². The van der Waals surface area contributed by atoms with E-state index >= 15 is 0 Å². The Balaban J connectivity index is 1.36. The van der Waals surface area contributed by atoms with Gasteiger partial charge < -0.3 is 25.3 Å². The van der Waals surface area contributed by atoms with Crippen molar-refractivity contribution < 1.29 is 19.1 Å². The smallest absolute Gasteiger partial charge is 0.271 e. The molecule has 5 rings (SSSR count). The molecule has 1 spiro atoms. The first-order chi connectivity index (χ1) is 16.4. The summed E-state index contributed by atoms with van der Waals surface area (Å²) in [7, 11) is 1.59. The fourth-order valence-electron chi connectivity index (χ4n) is 5.68. The van der Waals surface area contributed by atoms with E-state index in [0.29, 0.717) is 37.4 Å². The van der Waals surface area contributed by atoms with Gasteiger partial charge in [0, 0.05) is 29.9 Å². The lowest BCUT2D eigenvalue weighted by molar-refractivity contribution is -0.126. The molecule has 3 fully saturated rings. The Hall–Kier alpha value is -3.54. The first-order valence-corrected chi connectivity index (χ1v) is 11.9. The summed E-state index contributed by atoms with van der Waals surface area (Å²) in [6.45, 7) is 1.12. The van der Waals surface area contributed by atoms with Crippen LogP contribution in [0.3, 0.4) is 0 Å². The molecule has 1 aromatic heterocycles. The number of methoxy groups -OCH3 is 1. The minimum atomic E-state index is -0.770. The third kappa shape index (κ3) is 3.87. The quantitative estimate of drug-likeness (QED) is 0.605. The van der Waals surface area contributed by atoms with E-state index in [1.807, 2.05) is 18.2 Å². The van der Waals surface area contributed by atoms with Gasteiger partial charge in [-0.05, 0) is 55.7 Å². The van der Waals surface area contributed by atoms with Gasteiger partial charge in [0.2, 0.25) is 11.8 Å². The summed E-state index contributed by atoms with van der Waals surface area (Å²) in [5.41, 5.74) is 1.17. The number of aromatic amines is 1. The zero-order valence-corrected chi connectivity index (χ0v) is 19.2. The average Bonchev–Trinajstić information content (AvgIpc) is 3.54. The maximum Gasteiger partial charge on any atom is 0.271 e. The van der Waals surface area contributed by atoms with Crippen LogP contribution >= 0.6 is 0 Å². The van der Waals surface area contributed by atoms with Gasteiger partial charge in [0.1, 0.15) is 23.5 Å². The first kappa shape index (κ1) is 22.3. The molecule has 1 aromatic carbocycles. The van der Waals surface area contributed by atoms with Gasteiger partial charge in [0.15, 0.2) is 0 Å². The fourth-order valence-corrected chi connectivity index (χ4v) is 5.68. The van der Waals surface area contributed by atoms with Crippen molar-refractivity contribution >= 4 is 28.6 Å². The third-order valence-corrected chi connectivity index (χ3v) is 7.72. The fraction of sp³-hybridized carbons (Fsp3) is 0.520. The molecule has 34 heavy (non-hydrogen) atoms. The van der Waals surface area contributed by atoms with E-state index in [4.69, 9.17) is 4.74 Å². The maximum atomic E-state index is 13.6. The van der Waals surface area contributed by atoms with E-state index in [9.17, 15) is 19.6 Å². The standard InChI is InChI=1S/C25H29N5O4/c1-34-21-5-2-4-18-17(21)11-19(29-18)24(33)30-14-25(7-3-8-25)12-20(30)23(32)28-16(13-26)10-15-6-9-27-22(15)31/h2,4-5,11,15-16,20,29H,3,6-10,12,14H2,1H3,(H,27,31)(H,28,32). The highest BCUT2D eigenvalue weighted by molar-refractivity contribution is 6.02. The monoisotopic (exact) mass is 463 g/mol. The molecule has 9 heteroatoms. The van der Waals surface area contributed by atoms with Crippen LogP contribution in [-0.4, -0.2) is 59.9 Å². The van der Waals surface area contributed by atoms with E-state index in [-0.39, 0.29) is 35.5 Å². The molecule has 3 unspecified atom stereocenters. The molecule has 2 aromatic rings. The lowest BCUT2D eigenvalue weighted by atomic mass is 9.67. The number of H-pyrrole nitrogens is 1. The van der Waals surface area contributed by atoms with Crippen LogP contribution in [0.1, 0.15) is 49.0 Å². The van der Waals surface area contributed by atoms with Crippen LogP contribution in [0.25, 0.3) is 10.9 Å². The number of nitriles is 1. The Morgan fingerprint density at radius 1 is 1.38 bits per heavy atom. The van der Waals surface area contributed by atoms with Gasteiger partial charge in [-0.25, -0.2) is 0 Å². The summed E-state index contributed by atoms with van der Waals surface area (Å²) < 4.78 is 5.42. The number of ether oxygens (including phenoxy) is 1. The van der Waals surface area contributed by atoms with E-state index in [1.54, 1.807) is 18.1 Å². The maximum absolute atomic E-state index is 13.6. The van der Waals surface area contributed by atoms with Crippen LogP contribution in [0.5, 0.6) is 5.75 Å². The number of hydrogen-bond acceptors (Lipinski definition) is 5. The summed E-state index contributed by atoms with van der Waals surface area (Å²) in [6.07, 6.45) is 4.61. The lowest BCUT2D eigenvalue weighted by Gasteiger charge is -2.37. The summed E-state index contributed by atoms with van der Waals surface area (Å²) in [5, 5.41) is 16.0. The van der Waals surface area contributed by atoms with Gasteiger partial charge in [0.25, 0.3) is 5.91 Å². The minimum Gasteiger partial charge on any atom is -0.496 e. The number of hydrogen-bond donors (Lipinski definition) is 3. The Bertz CT molecular complexity index is 1180. The number of fused-ring (bicyclic) bond motifs is 1. The number of nitrogens with zero attached hydrogens (tertiary/aromatic N) is 2. The molecule has 2 saturated heterocycles. The number of nitrogens with one attached hydrogen (secondary N) is 3. The van der Waals surface area contributed by atoms with E-state index < -0.39 is 12.1 Å². The number of aromatic nitrogens is 1. The van der Waals surface area contributed by atoms with Crippen LogP contribution in [0, 0.1) is 22.7 Å². The van der Waals surface area contributed by atoms with Gasteiger partial charge in [-0.3, -0.25) is 14.4 Å². The Kier molecular flexibility index (Phi) is 5.68. The summed E-state index contributed by atoms with van der Waals surface area (Å²) in [5.74, 6) is -0.228. The van der Waals surface area contributed by atoms with Crippen LogP contribution in [0.4, 0.5) is 0 Å². The van der Waals surface area contributed by atoms with Crippen molar-refractivity contribution in [1.82, 2.24) is 20.5 Å². The van der Waals surface area contributed by atoms with Crippen molar-refractivity contribution in [2.75, 3.05) is 20.2 Å². The van der Waals surface area contributed by atoms with Crippen molar-refractivity contribution in [1.29, 1.82) is 5.26 Å². The second kappa shape index (κ2) is 8.67. The molecule has 9 nitrogen and oxygen atoms in total. The molecular weight excluding hydrogens is 434 g/mol. The van der Waals surface area contributed by atoms with Crippen molar-refractivity contribution in [3.8, 4) is 11.8 Å². The zero-order chi connectivity index (χ0) is 23.9. The summed E-state index contributed by atoms with van der Waals surface area (Å²) >= 11 is 0. The molecule has 0 bridgehead atoms. The van der Waals surface area contributed by atoms with Crippen LogP contribution in [0.2, 0.25) is 0 Å². The van der Waals surface area contributed by atoms with E-state index in [0.717, 1.165) is 30.2 Å². The molecule has 2 aliphatic heterocycles. The topological polar surface area (TPSA) is 127 Å². The second-order valence-corrected chi connectivity index (χ2v) is 9.81. The summed E-state index contributed by atoms with van der Waals surface area (Å²) in [4.78, 5) is 43.7. The van der Waals surface area contributed by atoms with Crippen molar-refractivity contribution in [2.45, 2.75) is 50.6 Å². The Morgan fingerprint density at radius 2 is 2.21 bits per heavy atom. The molecule has 3 atom stereocenters. The van der Waals surface area contributed by atoms with Crippen molar-refractivity contribution in [3.63, 3.8) is 0 Å². The number of carbonyl (C=O) groups is 3. The van der Waals surface area contributed by atoms with Crippen LogP contribution < -0.4 is 15.4 Å². The van der Waals surface area contributed by atoms with E-state index in [2.05, 4.69) is 21.7 Å². The average molecular weight is 464 g/mol. The molecular formula is C25H29N5O4. The van der Waals surface area contributed by atoms with Crippen LogP contribution in [-0.2, 0) is 9.59 Å². The first-order valence-electron chi connectivity index (χ1n) is 11.9. The minimum absolute atomic E-state index is 0.0329. The molecule has 3 heterocycles. The van der Waals surface area contributed by atoms with Gasteiger partial charge >= 0.3 is 0 Å². The molecule has 1 aliphatic carbocycles. The van der Waals surface area contributed by atoms with Crippen molar-refractivity contribution in [2.24, 2.45) is 11.3 Å². The van der Waals surface area contributed by atoms with Gasteiger partial charge in [-0.1, -0.05) is 12.5 Å². The van der Waals surface area contributed by atoms with Gasteiger partial charge in [-0.15, -0.1) is 0 Å². The molecule has 178 valence electrons. The SMILES string of the molecule is COc1cccc2[nH]c(C(=O)N3CC4(CCC4)CC3C(=O)NC(C#N)CC3CCNC3=O)cc12. The predicted octanol–water partition coefficient (Wildman–Crippen LogP) is 2.10. The highest BCUT2D eigenvalue weighted by Crippen LogP contribution is 2.50. The molecule has 3 aliphatic rings. The van der Waals surface area contributed by atoms with Gasteiger partial charge in [0.05, 0.1) is 13.2 Å². The van der Waals surface area contributed by atoms with Crippen molar-refractivity contribution in [3.05, 3.63) is 30.0 Å². The third-order valence-electron chi connectivity index (χ3n) is 7.72. The van der Waals surface area contributed by atoms with Crippen LogP contribution in [0.15, 0.2) is 24.3 Å². The normalized spacial score (nSPS) is 23.9. The zero-order valence-electron chi connectivity index (χ0n) is 19.2. The molecule has 1 saturated carbocycles.